The van der Waals surface area contributed by atoms with Crippen LogP contribution in [0.15, 0.2) is 0 Å². The highest BCUT2D eigenvalue weighted by atomic mass is 32.2. The normalized spacial score (nSPS) is 10.3. The number of nitrogens with zero attached hydrogens (tertiary/aromatic N) is 1. The average molecular weight is 245 g/mol. The summed E-state index contributed by atoms with van der Waals surface area (Å²) in [6.45, 7) is 2.07. The van der Waals surface area contributed by atoms with Gasteiger partial charge in [0.1, 0.15) is 9.88 Å². The number of hydrazine groups is 1. The van der Waals surface area contributed by atoms with E-state index in [2.05, 4.69) is 17.3 Å². The van der Waals surface area contributed by atoms with Gasteiger partial charge in [0.15, 0.2) is 0 Å². The van der Waals surface area contributed by atoms with E-state index in [1.54, 1.807) is 11.8 Å². The Hall–Kier alpha value is -0.590. The van der Waals surface area contributed by atoms with Crippen molar-refractivity contribution in [3.8, 4) is 0 Å². The van der Waals surface area contributed by atoms with Gasteiger partial charge in [-0.15, -0.1) is 11.3 Å². The van der Waals surface area contributed by atoms with Gasteiger partial charge < -0.3 is 0 Å². The molecule has 0 spiro atoms. The van der Waals surface area contributed by atoms with Crippen LogP contribution in [0.4, 0.5) is 0 Å². The Labute approximate surface area is 97.6 Å². The fourth-order valence-electron chi connectivity index (χ4n) is 1.24. The summed E-state index contributed by atoms with van der Waals surface area (Å²) in [5.74, 6) is 5.74. The Balaban J connectivity index is 2.94. The molecule has 1 rings (SSSR count). The van der Waals surface area contributed by atoms with Crippen LogP contribution in [0.5, 0.6) is 0 Å². The van der Waals surface area contributed by atoms with Gasteiger partial charge in [-0.25, -0.2) is 10.8 Å². The second kappa shape index (κ2) is 6.09. The maximum Gasteiger partial charge on any atom is 0.277 e. The molecule has 0 aromatic carbocycles. The molecule has 0 aliphatic rings. The molecule has 84 valence electrons. The maximum absolute atomic E-state index is 11.5. The van der Waals surface area contributed by atoms with Gasteiger partial charge in [0.05, 0.1) is 5.69 Å². The molecule has 0 saturated heterocycles. The quantitative estimate of drug-likeness (QED) is 0.469. The predicted octanol–water partition coefficient (Wildman–Crippen LogP) is 1.56. The summed E-state index contributed by atoms with van der Waals surface area (Å²) in [7, 11) is 0. The summed E-state index contributed by atoms with van der Waals surface area (Å²) in [6.07, 6.45) is 3.82. The van der Waals surface area contributed by atoms with E-state index in [1.807, 2.05) is 6.26 Å². The van der Waals surface area contributed by atoms with E-state index in [0.717, 1.165) is 29.3 Å². The molecule has 1 amide bonds. The molecular weight excluding hydrogens is 230 g/mol. The molecule has 3 N–H and O–H groups in total. The van der Waals surface area contributed by atoms with E-state index in [4.69, 9.17) is 5.84 Å². The van der Waals surface area contributed by atoms with E-state index in [-0.39, 0.29) is 5.91 Å². The third-order valence-corrected chi connectivity index (χ3v) is 3.67. The smallest absolute Gasteiger partial charge is 0.277 e. The van der Waals surface area contributed by atoms with Crippen LogP contribution < -0.4 is 11.3 Å². The maximum atomic E-state index is 11.5. The van der Waals surface area contributed by atoms with Crippen molar-refractivity contribution in [2.75, 3.05) is 6.26 Å². The highest BCUT2D eigenvalue weighted by Crippen LogP contribution is 2.22. The van der Waals surface area contributed by atoms with E-state index >= 15 is 0 Å². The van der Waals surface area contributed by atoms with Gasteiger partial charge in [0, 0.05) is 5.75 Å². The van der Waals surface area contributed by atoms with Crippen molar-refractivity contribution in [1.29, 1.82) is 0 Å². The largest absolute Gasteiger partial charge is 0.289 e. The van der Waals surface area contributed by atoms with Crippen molar-refractivity contribution in [3.63, 3.8) is 0 Å². The number of nitrogens with one attached hydrogen (secondary N) is 1. The molecule has 1 heterocycles. The lowest BCUT2D eigenvalue weighted by molar-refractivity contribution is 0.0956. The summed E-state index contributed by atoms with van der Waals surface area (Å²) < 4.78 is 0. The van der Waals surface area contributed by atoms with E-state index in [0.29, 0.717) is 4.88 Å². The van der Waals surface area contributed by atoms with Crippen molar-refractivity contribution >= 4 is 29.0 Å². The zero-order valence-corrected chi connectivity index (χ0v) is 10.5. The molecule has 0 radical (unpaired) electrons. The first-order chi connectivity index (χ1) is 7.22. The SMILES string of the molecule is CCCc1nc(CSC)sc1C(=O)NN. The molecule has 0 aliphatic heterocycles. The lowest BCUT2D eigenvalue weighted by atomic mass is 10.2. The zero-order valence-electron chi connectivity index (χ0n) is 8.87. The van der Waals surface area contributed by atoms with Crippen molar-refractivity contribution < 1.29 is 4.79 Å². The van der Waals surface area contributed by atoms with Gasteiger partial charge in [0.2, 0.25) is 0 Å². The Morgan fingerprint density at radius 2 is 2.40 bits per heavy atom. The first-order valence-electron chi connectivity index (χ1n) is 4.71. The average Bonchev–Trinajstić information content (AvgIpc) is 2.61. The first-order valence-corrected chi connectivity index (χ1v) is 6.92. The number of rotatable bonds is 5. The molecule has 0 aliphatic carbocycles. The van der Waals surface area contributed by atoms with Gasteiger partial charge in [-0.2, -0.15) is 11.8 Å². The summed E-state index contributed by atoms with van der Waals surface area (Å²) in [5, 5.41) is 0.990. The van der Waals surface area contributed by atoms with Gasteiger partial charge >= 0.3 is 0 Å². The fourth-order valence-corrected chi connectivity index (χ4v) is 2.94. The Morgan fingerprint density at radius 3 is 2.93 bits per heavy atom. The standard InChI is InChI=1S/C9H15N3OS2/c1-3-4-6-8(9(13)12-10)15-7(11-6)5-14-2/h3-5,10H2,1-2H3,(H,12,13). The predicted molar refractivity (Wildman–Crippen MR) is 65.0 cm³/mol. The third-order valence-electron chi connectivity index (χ3n) is 1.83. The van der Waals surface area contributed by atoms with Crippen molar-refractivity contribution in [3.05, 3.63) is 15.6 Å². The monoisotopic (exact) mass is 245 g/mol. The zero-order chi connectivity index (χ0) is 11.3. The molecule has 0 fully saturated rings. The van der Waals surface area contributed by atoms with Crippen LogP contribution in [0.3, 0.4) is 0 Å². The number of thiazole rings is 1. The number of carbonyl (C=O) groups excluding carboxylic acids is 1. The second-order valence-electron chi connectivity index (χ2n) is 3.04. The number of aromatic nitrogens is 1. The van der Waals surface area contributed by atoms with Crippen LogP contribution in [0.25, 0.3) is 0 Å². The van der Waals surface area contributed by atoms with Crippen LogP contribution >= 0.6 is 23.1 Å². The minimum Gasteiger partial charge on any atom is -0.289 e. The second-order valence-corrected chi connectivity index (χ2v) is 4.99. The number of nitrogens with two attached hydrogens (primary N) is 1. The van der Waals surface area contributed by atoms with Crippen LogP contribution in [-0.4, -0.2) is 17.1 Å². The van der Waals surface area contributed by atoms with Gasteiger partial charge in [-0.05, 0) is 12.7 Å². The highest BCUT2D eigenvalue weighted by molar-refractivity contribution is 7.97. The summed E-state index contributed by atoms with van der Waals surface area (Å²) in [4.78, 5) is 16.6. The lowest BCUT2D eigenvalue weighted by Gasteiger charge is -1.97. The molecular formula is C9H15N3OS2. The van der Waals surface area contributed by atoms with Gasteiger partial charge in [-0.1, -0.05) is 13.3 Å². The van der Waals surface area contributed by atoms with Crippen molar-refractivity contribution in [1.82, 2.24) is 10.4 Å². The Morgan fingerprint density at radius 1 is 1.67 bits per heavy atom. The van der Waals surface area contributed by atoms with Crippen molar-refractivity contribution in [2.24, 2.45) is 5.84 Å². The van der Waals surface area contributed by atoms with E-state index in [9.17, 15) is 4.79 Å². The molecule has 0 saturated carbocycles. The number of amides is 1. The minimum atomic E-state index is -0.233. The number of nitrogen functional groups attached to an aromatic ring is 1. The number of hydrogen-bond donors (Lipinski definition) is 2. The first kappa shape index (κ1) is 12.5. The number of hydrogen-bond acceptors (Lipinski definition) is 5. The molecule has 1 aromatic rings. The van der Waals surface area contributed by atoms with Crippen LogP contribution in [0.1, 0.15) is 33.7 Å². The lowest BCUT2D eigenvalue weighted by Crippen LogP contribution is -2.30. The number of carbonyl (C=O) groups is 1. The molecule has 0 bridgehead atoms. The third kappa shape index (κ3) is 3.19. The van der Waals surface area contributed by atoms with Gasteiger partial charge in [-0.3, -0.25) is 10.2 Å². The highest BCUT2D eigenvalue weighted by Gasteiger charge is 2.16. The molecule has 0 unspecified atom stereocenters. The number of aryl methyl sites for hydroxylation is 1. The molecule has 6 heteroatoms. The minimum absolute atomic E-state index is 0.233. The topological polar surface area (TPSA) is 68.0 Å². The summed E-state index contributed by atoms with van der Waals surface area (Å²) in [6, 6.07) is 0. The molecule has 1 aromatic heterocycles. The molecule has 4 nitrogen and oxygen atoms in total. The van der Waals surface area contributed by atoms with Crippen LogP contribution in [0, 0.1) is 0 Å². The van der Waals surface area contributed by atoms with Gasteiger partial charge in [0.25, 0.3) is 5.91 Å². The molecule has 0 atom stereocenters. The van der Waals surface area contributed by atoms with Crippen molar-refractivity contribution in [2.45, 2.75) is 25.5 Å². The summed E-state index contributed by atoms with van der Waals surface area (Å²) >= 11 is 3.13. The Kier molecular flexibility index (Phi) is 5.07. The summed E-state index contributed by atoms with van der Waals surface area (Å²) in [5.41, 5.74) is 3.03. The van der Waals surface area contributed by atoms with E-state index in [1.165, 1.54) is 11.3 Å². The molecule has 15 heavy (non-hydrogen) atoms. The fraction of sp³-hybridized carbons (Fsp3) is 0.556. The number of thioether (sulfide) groups is 1. The van der Waals surface area contributed by atoms with Crippen LogP contribution in [0.2, 0.25) is 0 Å². The van der Waals surface area contributed by atoms with Crippen LogP contribution in [-0.2, 0) is 12.2 Å². The Bertz CT molecular complexity index is 338. The van der Waals surface area contributed by atoms with E-state index < -0.39 is 0 Å².